The Labute approximate surface area is 114 Å². The van der Waals surface area contributed by atoms with Crippen LogP contribution >= 0.6 is 0 Å². The van der Waals surface area contributed by atoms with Crippen LogP contribution in [0.4, 0.5) is 0 Å². The van der Waals surface area contributed by atoms with Crippen LogP contribution in [0.1, 0.15) is 32.1 Å². The number of carboxylic acids is 1. The fourth-order valence-electron chi connectivity index (χ4n) is 3.52. The lowest BCUT2D eigenvalue weighted by Crippen LogP contribution is -2.53. The minimum absolute atomic E-state index is 0.455. The number of hydrogen-bond donors (Lipinski definition) is 2. The Morgan fingerprint density at radius 1 is 1.21 bits per heavy atom. The average Bonchev–Trinajstić information content (AvgIpc) is 3.08. The number of nitrogens with one attached hydrogen (secondary N) is 1. The molecule has 2 aliphatic carbocycles. The van der Waals surface area contributed by atoms with E-state index in [0.717, 1.165) is 58.3 Å². The van der Waals surface area contributed by atoms with Crippen LogP contribution in [0.3, 0.4) is 0 Å². The van der Waals surface area contributed by atoms with Gasteiger partial charge in [0, 0.05) is 38.3 Å². The van der Waals surface area contributed by atoms with E-state index in [1.807, 2.05) is 0 Å². The fourth-order valence-corrected chi connectivity index (χ4v) is 3.52. The van der Waals surface area contributed by atoms with Gasteiger partial charge in [-0.3, -0.25) is 15.0 Å². The van der Waals surface area contributed by atoms with Crippen molar-refractivity contribution in [3.05, 3.63) is 0 Å². The average molecular weight is 267 g/mol. The Hall–Kier alpha value is -0.650. The van der Waals surface area contributed by atoms with Gasteiger partial charge in [-0.25, -0.2) is 0 Å². The van der Waals surface area contributed by atoms with Crippen molar-refractivity contribution in [1.82, 2.24) is 15.1 Å². The first-order valence-electron chi connectivity index (χ1n) is 7.53. The first kappa shape index (κ1) is 13.3. The molecule has 0 spiro atoms. The smallest absolute Gasteiger partial charge is 0.323 e. The van der Waals surface area contributed by atoms with Gasteiger partial charge in [-0.05, 0) is 39.2 Å². The molecule has 2 N–H and O–H groups in total. The summed E-state index contributed by atoms with van der Waals surface area (Å²) in [5.74, 6) is -0.643. The molecule has 1 heterocycles. The minimum atomic E-state index is -0.644. The molecule has 2 saturated carbocycles. The molecule has 3 aliphatic rings. The first-order valence-corrected chi connectivity index (χ1v) is 7.53. The lowest BCUT2D eigenvalue weighted by atomic mass is 9.97. The molecule has 0 amide bonds. The third-order valence-corrected chi connectivity index (χ3v) is 5.01. The molecule has 5 nitrogen and oxygen atoms in total. The topological polar surface area (TPSA) is 55.8 Å². The van der Waals surface area contributed by atoms with E-state index < -0.39 is 11.5 Å². The van der Waals surface area contributed by atoms with Gasteiger partial charge in [-0.2, -0.15) is 0 Å². The van der Waals surface area contributed by atoms with Gasteiger partial charge in [0.2, 0.25) is 0 Å². The van der Waals surface area contributed by atoms with Crippen LogP contribution < -0.4 is 5.32 Å². The molecule has 1 saturated heterocycles. The summed E-state index contributed by atoms with van der Waals surface area (Å²) >= 11 is 0. The zero-order chi connectivity index (χ0) is 13.5. The van der Waals surface area contributed by atoms with Crippen LogP contribution in [0.15, 0.2) is 0 Å². The lowest BCUT2D eigenvalue weighted by molar-refractivity contribution is -0.145. The summed E-state index contributed by atoms with van der Waals surface area (Å²) in [4.78, 5) is 16.5. The number of piperazine rings is 1. The molecule has 0 radical (unpaired) electrons. The van der Waals surface area contributed by atoms with Crippen LogP contribution in [-0.4, -0.2) is 71.7 Å². The van der Waals surface area contributed by atoms with Gasteiger partial charge >= 0.3 is 5.97 Å². The molecular formula is C14H25N3O2. The second-order valence-electron chi connectivity index (χ2n) is 6.54. The van der Waals surface area contributed by atoms with Crippen molar-refractivity contribution in [1.29, 1.82) is 0 Å². The van der Waals surface area contributed by atoms with Gasteiger partial charge in [-0.15, -0.1) is 0 Å². The first-order chi connectivity index (χ1) is 9.09. The van der Waals surface area contributed by atoms with Gasteiger partial charge in [0.15, 0.2) is 0 Å². The van der Waals surface area contributed by atoms with Gasteiger partial charge < -0.3 is 10.0 Å². The van der Waals surface area contributed by atoms with E-state index in [4.69, 9.17) is 0 Å². The molecule has 108 valence electrons. The van der Waals surface area contributed by atoms with Crippen LogP contribution in [0, 0.1) is 0 Å². The highest BCUT2D eigenvalue weighted by molar-refractivity contribution is 5.79. The molecule has 1 aliphatic heterocycles. The van der Waals surface area contributed by atoms with Crippen LogP contribution in [0.5, 0.6) is 0 Å². The Bertz CT molecular complexity index is 351. The Morgan fingerprint density at radius 2 is 1.89 bits per heavy atom. The fraction of sp³-hybridized carbons (Fsp3) is 0.929. The summed E-state index contributed by atoms with van der Waals surface area (Å²) in [6.45, 7) is 4.37. The molecule has 2 atom stereocenters. The lowest BCUT2D eigenvalue weighted by Gasteiger charge is -2.37. The number of carbonyl (C=O) groups is 1. The van der Waals surface area contributed by atoms with Crippen molar-refractivity contribution in [3.8, 4) is 0 Å². The predicted octanol–water partition coefficient (Wildman–Crippen LogP) is 0.362. The maximum absolute atomic E-state index is 11.7. The van der Waals surface area contributed by atoms with Crippen molar-refractivity contribution >= 4 is 5.97 Å². The van der Waals surface area contributed by atoms with Crippen LogP contribution in [0.25, 0.3) is 0 Å². The third-order valence-electron chi connectivity index (χ3n) is 5.01. The summed E-state index contributed by atoms with van der Waals surface area (Å²) in [6, 6.07) is 0.915. The molecule has 5 heteroatoms. The van der Waals surface area contributed by atoms with E-state index in [-0.39, 0.29) is 0 Å². The molecule has 0 aromatic rings. The number of likely N-dealkylation sites (N-methyl/N-ethyl adjacent to an activating group) is 1. The van der Waals surface area contributed by atoms with Crippen molar-refractivity contribution in [3.63, 3.8) is 0 Å². The molecule has 0 aromatic carbocycles. The standard InChI is InChI=1S/C14H25N3O2/c1-16-6-8-17(9-7-16)12-4-5-14(10-12,13(18)19)15-11-2-3-11/h11-12,15H,2-10H2,1H3,(H,18,19). The number of aliphatic carboxylic acids is 1. The molecule has 3 fully saturated rings. The van der Waals surface area contributed by atoms with Gasteiger partial charge in [-0.1, -0.05) is 0 Å². The highest BCUT2D eigenvalue weighted by Gasteiger charge is 2.49. The number of hydrogen-bond acceptors (Lipinski definition) is 4. The predicted molar refractivity (Wildman–Crippen MR) is 73.2 cm³/mol. The van der Waals surface area contributed by atoms with E-state index >= 15 is 0 Å². The van der Waals surface area contributed by atoms with E-state index in [1.54, 1.807) is 0 Å². The van der Waals surface area contributed by atoms with Crippen molar-refractivity contribution in [2.75, 3.05) is 33.2 Å². The number of carboxylic acid groups (broad SMARTS) is 1. The summed E-state index contributed by atoms with van der Waals surface area (Å²) < 4.78 is 0. The number of nitrogens with zero attached hydrogens (tertiary/aromatic N) is 2. The molecule has 3 rings (SSSR count). The Balaban J connectivity index is 1.62. The Kier molecular flexibility index (Phi) is 3.53. The van der Waals surface area contributed by atoms with Gasteiger partial charge in [0.1, 0.15) is 5.54 Å². The minimum Gasteiger partial charge on any atom is -0.480 e. The molecule has 19 heavy (non-hydrogen) atoms. The molecule has 0 bridgehead atoms. The highest BCUT2D eigenvalue weighted by Crippen LogP contribution is 2.36. The normalized spacial score (nSPS) is 37.6. The van der Waals surface area contributed by atoms with Crippen molar-refractivity contribution in [2.45, 2.75) is 49.7 Å². The summed E-state index contributed by atoms with van der Waals surface area (Å²) in [5, 5.41) is 13.0. The summed E-state index contributed by atoms with van der Waals surface area (Å²) in [7, 11) is 2.15. The van der Waals surface area contributed by atoms with Crippen molar-refractivity contribution < 1.29 is 9.90 Å². The van der Waals surface area contributed by atoms with E-state index in [9.17, 15) is 9.90 Å². The summed E-state index contributed by atoms with van der Waals surface area (Å²) in [6.07, 6.45) is 4.89. The molecular weight excluding hydrogens is 242 g/mol. The van der Waals surface area contributed by atoms with Crippen LogP contribution in [-0.2, 0) is 4.79 Å². The second-order valence-corrected chi connectivity index (χ2v) is 6.54. The second kappa shape index (κ2) is 5.04. The molecule has 0 aromatic heterocycles. The monoisotopic (exact) mass is 267 g/mol. The van der Waals surface area contributed by atoms with E-state index in [1.165, 1.54) is 0 Å². The maximum atomic E-state index is 11.7. The van der Waals surface area contributed by atoms with Gasteiger partial charge in [0.05, 0.1) is 0 Å². The SMILES string of the molecule is CN1CCN(C2CCC(NC3CC3)(C(=O)O)C2)CC1. The zero-order valence-corrected chi connectivity index (χ0v) is 11.8. The van der Waals surface area contributed by atoms with E-state index in [2.05, 4.69) is 22.2 Å². The molecule has 2 unspecified atom stereocenters. The zero-order valence-electron chi connectivity index (χ0n) is 11.8. The largest absolute Gasteiger partial charge is 0.480 e. The van der Waals surface area contributed by atoms with Crippen LogP contribution in [0.2, 0.25) is 0 Å². The number of rotatable bonds is 4. The van der Waals surface area contributed by atoms with E-state index in [0.29, 0.717) is 12.1 Å². The highest BCUT2D eigenvalue weighted by atomic mass is 16.4. The maximum Gasteiger partial charge on any atom is 0.323 e. The van der Waals surface area contributed by atoms with Gasteiger partial charge in [0.25, 0.3) is 0 Å². The summed E-state index contributed by atoms with van der Waals surface area (Å²) in [5.41, 5.74) is -0.644. The quantitative estimate of drug-likeness (QED) is 0.770. The third kappa shape index (κ3) is 2.78. The Morgan fingerprint density at radius 3 is 2.47 bits per heavy atom. The van der Waals surface area contributed by atoms with Crippen molar-refractivity contribution in [2.24, 2.45) is 0 Å².